The van der Waals surface area contributed by atoms with Crippen LogP contribution in [0.15, 0.2) is 0 Å². The number of primary amides is 1. The van der Waals surface area contributed by atoms with Crippen LogP contribution in [0.1, 0.15) is 13.8 Å². The zero-order valence-corrected chi connectivity index (χ0v) is 8.22. The largest absolute Gasteiger partial charge is 0.368 e. The molecule has 1 saturated heterocycles. The molecule has 0 aliphatic carbocycles. The maximum Gasteiger partial charge on any atom is 0.251 e. The topological polar surface area (TPSA) is 75.4 Å². The van der Waals surface area contributed by atoms with Crippen molar-refractivity contribution in [2.75, 3.05) is 0 Å². The van der Waals surface area contributed by atoms with E-state index in [0.29, 0.717) is 0 Å². The van der Waals surface area contributed by atoms with Gasteiger partial charge in [0.2, 0.25) is 5.91 Å². The zero-order valence-electron chi connectivity index (χ0n) is 7.40. The highest BCUT2D eigenvalue weighted by Gasteiger charge is 2.37. The van der Waals surface area contributed by atoms with Crippen LogP contribution in [0.25, 0.3) is 0 Å². The Morgan fingerprint density at radius 2 is 2.31 bits per heavy atom. The Hall–Kier alpha value is -1.17. The third-order valence-electron chi connectivity index (χ3n) is 1.97. The molecular weight excluding hydrogens is 190 g/mol. The summed E-state index contributed by atoms with van der Waals surface area (Å²) >= 11 is 4.88. The molecule has 1 rings (SSSR count). The van der Waals surface area contributed by atoms with Gasteiger partial charge in [0.15, 0.2) is 5.11 Å². The third kappa shape index (κ3) is 1.62. The van der Waals surface area contributed by atoms with Crippen LogP contribution in [-0.4, -0.2) is 33.9 Å². The molecule has 1 aliphatic heterocycles. The van der Waals surface area contributed by atoms with E-state index in [9.17, 15) is 9.59 Å². The van der Waals surface area contributed by atoms with E-state index in [1.165, 1.54) is 4.90 Å². The average molecular weight is 201 g/mol. The number of carbonyl (C=O) groups is 2. The molecule has 0 saturated carbocycles. The van der Waals surface area contributed by atoms with Crippen molar-refractivity contribution in [3.05, 3.63) is 0 Å². The van der Waals surface area contributed by atoms with Gasteiger partial charge in [-0.1, -0.05) is 0 Å². The van der Waals surface area contributed by atoms with Gasteiger partial charge in [-0.05, 0) is 26.1 Å². The zero-order chi connectivity index (χ0) is 10.2. The lowest BCUT2D eigenvalue weighted by Gasteiger charge is -2.19. The normalized spacial score (nSPS) is 24.5. The van der Waals surface area contributed by atoms with Gasteiger partial charge in [-0.15, -0.1) is 0 Å². The molecule has 1 aliphatic rings. The van der Waals surface area contributed by atoms with Gasteiger partial charge in [-0.2, -0.15) is 0 Å². The first-order chi connectivity index (χ1) is 5.95. The number of rotatable bonds is 2. The monoisotopic (exact) mass is 201 g/mol. The summed E-state index contributed by atoms with van der Waals surface area (Å²) in [5.41, 5.74) is 5.07. The molecule has 0 bridgehead atoms. The van der Waals surface area contributed by atoms with Gasteiger partial charge in [0.25, 0.3) is 5.91 Å². The second-order valence-electron chi connectivity index (χ2n) is 2.96. The van der Waals surface area contributed by atoms with Crippen LogP contribution in [0.5, 0.6) is 0 Å². The second kappa shape index (κ2) is 3.29. The van der Waals surface area contributed by atoms with Gasteiger partial charge in [-0.25, -0.2) is 0 Å². The van der Waals surface area contributed by atoms with Crippen molar-refractivity contribution in [3.63, 3.8) is 0 Å². The molecule has 6 heteroatoms. The van der Waals surface area contributed by atoms with E-state index in [2.05, 4.69) is 5.32 Å². The first-order valence-corrected chi connectivity index (χ1v) is 4.29. The average Bonchev–Trinajstić information content (AvgIpc) is 2.26. The van der Waals surface area contributed by atoms with Gasteiger partial charge in [-0.3, -0.25) is 14.5 Å². The molecule has 0 radical (unpaired) electrons. The number of nitrogens with two attached hydrogens (primary N) is 1. The molecule has 1 unspecified atom stereocenters. The molecule has 72 valence electrons. The molecular formula is C7H11N3O2S. The summed E-state index contributed by atoms with van der Waals surface area (Å²) in [6.07, 6.45) is 0. The maximum atomic E-state index is 11.4. The molecule has 5 nitrogen and oxygen atoms in total. The van der Waals surface area contributed by atoms with E-state index in [1.54, 1.807) is 13.8 Å². The molecule has 0 aromatic rings. The van der Waals surface area contributed by atoms with Gasteiger partial charge >= 0.3 is 0 Å². The number of hydrogen-bond donors (Lipinski definition) is 2. The first-order valence-electron chi connectivity index (χ1n) is 3.88. The maximum absolute atomic E-state index is 11.4. The van der Waals surface area contributed by atoms with E-state index in [1.807, 2.05) is 0 Å². The van der Waals surface area contributed by atoms with E-state index in [-0.39, 0.29) is 17.1 Å². The number of thiocarbonyl (C=S) groups is 1. The molecule has 3 N–H and O–H groups in total. The van der Waals surface area contributed by atoms with Gasteiger partial charge in [0.1, 0.15) is 12.1 Å². The van der Waals surface area contributed by atoms with Crippen LogP contribution in [0, 0.1) is 0 Å². The summed E-state index contributed by atoms with van der Waals surface area (Å²) in [6.45, 7) is 3.23. The quantitative estimate of drug-likeness (QED) is 0.560. The predicted octanol–water partition coefficient (Wildman–Crippen LogP) is -1.03. The van der Waals surface area contributed by atoms with Crippen LogP contribution < -0.4 is 11.1 Å². The smallest absolute Gasteiger partial charge is 0.251 e. The standard InChI is InChI=1S/C7H11N3O2S/c1-3-6(12)10(7(13)9-3)4(2)5(8)11/h3-4H,1-2H3,(H2,8,11)(H,9,13)/t3?,4-/m0/s1. The molecule has 1 heterocycles. The van der Waals surface area contributed by atoms with Crippen molar-refractivity contribution in [2.45, 2.75) is 25.9 Å². The third-order valence-corrected chi connectivity index (χ3v) is 2.28. The minimum atomic E-state index is -0.683. The minimum Gasteiger partial charge on any atom is -0.368 e. The summed E-state index contributed by atoms with van der Waals surface area (Å²) in [5.74, 6) is -0.775. The molecule has 1 fully saturated rings. The summed E-state index contributed by atoms with van der Waals surface area (Å²) in [4.78, 5) is 23.5. The Kier molecular flexibility index (Phi) is 2.51. The minimum absolute atomic E-state index is 0.212. The number of nitrogens with zero attached hydrogens (tertiary/aromatic N) is 1. The Labute approximate surface area is 81.3 Å². The van der Waals surface area contributed by atoms with Crippen molar-refractivity contribution in [1.29, 1.82) is 0 Å². The van der Waals surface area contributed by atoms with Crippen LogP contribution in [0.2, 0.25) is 0 Å². The number of hydrogen-bond acceptors (Lipinski definition) is 3. The van der Waals surface area contributed by atoms with Crippen LogP contribution >= 0.6 is 12.2 Å². The number of carbonyl (C=O) groups excluding carboxylic acids is 2. The predicted molar refractivity (Wildman–Crippen MR) is 50.7 cm³/mol. The van der Waals surface area contributed by atoms with Crippen molar-refractivity contribution >= 4 is 29.1 Å². The molecule has 2 atom stereocenters. The molecule has 2 amide bonds. The molecule has 0 aromatic heterocycles. The van der Waals surface area contributed by atoms with Crippen LogP contribution in [0.3, 0.4) is 0 Å². The fraction of sp³-hybridized carbons (Fsp3) is 0.571. The fourth-order valence-electron chi connectivity index (χ4n) is 1.12. The van der Waals surface area contributed by atoms with Crippen LogP contribution in [0.4, 0.5) is 0 Å². The Balaban J connectivity index is 2.86. The SMILES string of the molecule is CC1NC(=S)N([C@@H](C)C(N)=O)C1=O. The molecule has 0 aromatic carbocycles. The summed E-state index contributed by atoms with van der Waals surface area (Å²) in [5, 5.41) is 3.02. The van der Waals surface area contributed by atoms with Crippen LogP contribution in [-0.2, 0) is 9.59 Å². The Morgan fingerprint density at radius 3 is 2.62 bits per heavy atom. The van der Waals surface area contributed by atoms with Gasteiger partial charge in [0.05, 0.1) is 0 Å². The Morgan fingerprint density at radius 1 is 1.77 bits per heavy atom. The highest BCUT2D eigenvalue weighted by molar-refractivity contribution is 7.80. The lowest BCUT2D eigenvalue weighted by molar-refractivity contribution is -0.133. The van der Waals surface area contributed by atoms with Crippen molar-refractivity contribution in [2.24, 2.45) is 5.73 Å². The number of amides is 2. The van der Waals surface area contributed by atoms with E-state index < -0.39 is 11.9 Å². The van der Waals surface area contributed by atoms with E-state index >= 15 is 0 Å². The summed E-state index contributed by atoms with van der Waals surface area (Å²) in [7, 11) is 0. The van der Waals surface area contributed by atoms with E-state index in [4.69, 9.17) is 18.0 Å². The second-order valence-corrected chi connectivity index (χ2v) is 3.34. The highest BCUT2D eigenvalue weighted by atomic mass is 32.1. The Bertz CT molecular complexity index is 279. The van der Waals surface area contributed by atoms with Crippen molar-refractivity contribution in [3.8, 4) is 0 Å². The lowest BCUT2D eigenvalue weighted by Crippen LogP contribution is -2.46. The van der Waals surface area contributed by atoms with E-state index in [0.717, 1.165) is 0 Å². The van der Waals surface area contributed by atoms with Crippen molar-refractivity contribution < 1.29 is 9.59 Å². The van der Waals surface area contributed by atoms with Gasteiger partial charge in [0, 0.05) is 0 Å². The fourth-order valence-corrected chi connectivity index (χ4v) is 1.54. The molecule has 13 heavy (non-hydrogen) atoms. The van der Waals surface area contributed by atoms with Gasteiger partial charge < -0.3 is 11.1 Å². The summed E-state index contributed by atoms with van der Waals surface area (Å²) < 4.78 is 0. The number of nitrogens with one attached hydrogen (secondary N) is 1. The summed E-state index contributed by atoms with van der Waals surface area (Å²) in [6, 6.07) is -1.05. The highest BCUT2D eigenvalue weighted by Crippen LogP contribution is 2.10. The van der Waals surface area contributed by atoms with Crippen molar-refractivity contribution in [1.82, 2.24) is 10.2 Å². The lowest BCUT2D eigenvalue weighted by atomic mass is 10.2. The molecule has 0 spiro atoms. The first kappa shape index (κ1) is 9.91.